The molecule has 0 radical (unpaired) electrons. The number of hydrogen-bond donors (Lipinski definition) is 0. The summed E-state index contributed by atoms with van der Waals surface area (Å²) in [5, 5.41) is 0. The summed E-state index contributed by atoms with van der Waals surface area (Å²) >= 11 is 0. The Morgan fingerprint density at radius 3 is 2.43 bits per heavy atom. The van der Waals surface area contributed by atoms with E-state index in [2.05, 4.69) is 37.7 Å². The Morgan fingerprint density at radius 2 is 1.86 bits per heavy atom. The largest absolute Gasteiger partial charge is 0.306 e. The molecule has 1 aromatic carbocycles. The van der Waals surface area contributed by atoms with Gasteiger partial charge in [-0.15, -0.1) is 0 Å². The van der Waals surface area contributed by atoms with Gasteiger partial charge in [-0.05, 0) is 78.0 Å². The second-order valence-electron chi connectivity index (χ2n) is 6.54. The average Bonchev–Trinajstić information content (AvgIpc) is 2.48. The summed E-state index contributed by atoms with van der Waals surface area (Å²) in [5.74, 6) is 0.236. The van der Waals surface area contributed by atoms with Crippen LogP contribution in [0.15, 0.2) is 18.2 Å². The molecule has 1 saturated heterocycles. The number of carbonyl (C=O) groups excluding carboxylic acids is 1. The number of nitrogens with zero attached hydrogens (tertiary/aromatic N) is 2. The maximum atomic E-state index is 12.7. The maximum absolute atomic E-state index is 12.7. The van der Waals surface area contributed by atoms with Crippen molar-refractivity contribution in [1.82, 2.24) is 9.80 Å². The van der Waals surface area contributed by atoms with Crippen LogP contribution < -0.4 is 0 Å². The highest BCUT2D eigenvalue weighted by molar-refractivity contribution is 6.00. The summed E-state index contributed by atoms with van der Waals surface area (Å²) < 4.78 is 0. The fraction of sp³-hybridized carbons (Fsp3) is 0.611. The number of rotatable bonds is 4. The summed E-state index contributed by atoms with van der Waals surface area (Å²) in [4.78, 5) is 17.3. The first-order chi connectivity index (χ1) is 9.90. The molecule has 2 rings (SSSR count). The van der Waals surface area contributed by atoms with E-state index in [0.717, 1.165) is 31.5 Å². The SMILES string of the molecule is Cc1ccc(C(=O)C(C)N(C)C2CCN(C)CC2)cc1C. The highest BCUT2D eigenvalue weighted by Crippen LogP contribution is 2.19. The van der Waals surface area contributed by atoms with Gasteiger partial charge in [0.25, 0.3) is 0 Å². The fourth-order valence-electron chi connectivity index (χ4n) is 3.04. The lowest BCUT2D eigenvalue weighted by molar-refractivity contribution is 0.0731. The van der Waals surface area contributed by atoms with Crippen LogP contribution >= 0.6 is 0 Å². The number of hydrogen-bond acceptors (Lipinski definition) is 3. The van der Waals surface area contributed by atoms with E-state index >= 15 is 0 Å². The molecule has 21 heavy (non-hydrogen) atoms. The van der Waals surface area contributed by atoms with Gasteiger partial charge in [-0.25, -0.2) is 0 Å². The molecule has 0 saturated carbocycles. The van der Waals surface area contributed by atoms with Crippen molar-refractivity contribution in [2.24, 2.45) is 0 Å². The molecule has 0 bridgehead atoms. The Kier molecular flexibility index (Phi) is 5.17. The number of carbonyl (C=O) groups is 1. The molecule has 1 aliphatic rings. The molecule has 1 fully saturated rings. The third-order valence-corrected chi connectivity index (χ3v) is 5.05. The molecule has 1 atom stereocenters. The second kappa shape index (κ2) is 6.71. The van der Waals surface area contributed by atoms with Crippen LogP contribution in [0.1, 0.15) is 41.3 Å². The van der Waals surface area contributed by atoms with Gasteiger partial charge in [0, 0.05) is 11.6 Å². The van der Waals surface area contributed by atoms with Gasteiger partial charge in [-0.2, -0.15) is 0 Å². The lowest BCUT2D eigenvalue weighted by Gasteiger charge is -2.37. The lowest BCUT2D eigenvalue weighted by Crippen LogP contribution is -2.48. The van der Waals surface area contributed by atoms with Crippen molar-refractivity contribution in [1.29, 1.82) is 0 Å². The molecular weight excluding hydrogens is 260 g/mol. The van der Waals surface area contributed by atoms with Crippen LogP contribution in [0.25, 0.3) is 0 Å². The van der Waals surface area contributed by atoms with E-state index in [1.807, 2.05) is 25.1 Å². The Labute approximate surface area is 128 Å². The normalized spacial score (nSPS) is 19.0. The predicted molar refractivity (Wildman–Crippen MR) is 88.0 cm³/mol. The maximum Gasteiger partial charge on any atom is 0.179 e. The van der Waals surface area contributed by atoms with Crippen LogP contribution in [-0.2, 0) is 0 Å². The van der Waals surface area contributed by atoms with Crippen LogP contribution in [0, 0.1) is 13.8 Å². The van der Waals surface area contributed by atoms with Gasteiger partial charge < -0.3 is 4.90 Å². The molecule has 0 spiro atoms. The summed E-state index contributed by atoms with van der Waals surface area (Å²) in [7, 11) is 4.26. The van der Waals surface area contributed by atoms with Crippen molar-refractivity contribution in [3.05, 3.63) is 34.9 Å². The van der Waals surface area contributed by atoms with E-state index in [9.17, 15) is 4.79 Å². The summed E-state index contributed by atoms with van der Waals surface area (Å²) in [5.41, 5.74) is 3.27. The Bertz CT molecular complexity index is 504. The Morgan fingerprint density at radius 1 is 1.24 bits per heavy atom. The van der Waals surface area contributed by atoms with Crippen molar-refractivity contribution < 1.29 is 4.79 Å². The van der Waals surface area contributed by atoms with E-state index < -0.39 is 0 Å². The van der Waals surface area contributed by atoms with Gasteiger partial charge in [0.15, 0.2) is 5.78 Å². The minimum Gasteiger partial charge on any atom is -0.306 e. The van der Waals surface area contributed by atoms with E-state index in [-0.39, 0.29) is 11.8 Å². The third-order valence-electron chi connectivity index (χ3n) is 5.05. The molecule has 0 amide bonds. The van der Waals surface area contributed by atoms with Crippen molar-refractivity contribution in [2.45, 2.75) is 45.7 Å². The van der Waals surface area contributed by atoms with E-state index in [0.29, 0.717) is 6.04 Å². The second-order valence-corrected chi connectivity index (χ2v) is 6.54. The molecule has 116 valence electrons. The van der Waals surface area contributed by atoms with Crippen molar-refractivity contribution in [3.63, 3.8) is 0 Å². The molecule has 1 aliphatic heterocycles. The number of likely N-dealkylation sites (N-methyl/N-ethyl adjacent to an activating group) is 1. The quantitative estimate of drug-likeness (QED) is 0.796. The molecule has 1 aromatic rings. The van der Waals surface area contributed by atoms with Gasteiger partial charge >= 0.3 is 0 Å². The number of Topliss-reactive ketones (excluding diaryl/α,β-unsaturated/α-hetero) is 1. The Hall–Kier alpha value is -1.19. The molecule has 0 N–H and O–H groups in total. The number of aryl methyl sites for hydroxylation is 2. The number of likely N-dealkylation sites (tertiary alicyclic amines) is 1. The molecule has 1 unspecified atom stereocenters. The molecule has 3 heteroatoms. The van der Waals surface area contributed by atoms with Crippen LogP contribution in [0.5, 0.6) is 0 Å². The van der Waals surface area contributed by atoms with E-state index in [1.54, 1.807) is 0 Å². The summed E-state index contributed by atoms with van der Waals surface area (Å²) in [6, 6.07) is 6.50. The fourth-order valence-corrected chi connectivity index (χ4v) is 3.04. The van der Waals surface area contributed by atoms with Gasteiger partial charge in [-0.3, -0.25) is 9.69 Å². The van der Waals surface area contributed by atoms with Crippen molar-refractivity contribution in [2.75, 3.05) is 27.2 Å². The van der Waals surface area contributed by atoms with Crippen molar-refractivity contribution in [3.8, 4) is 0 Å². The summed E-state index contributed by atoms with van der Waals surface area (Å²) in [6.45, 7) is 8.43. The van der Waals surface area contributed by atoms with Gasteiger partial charge in [0.05, 0.1) is 6.04 Å². The predicted octanol–water partition coefficient (Wildman–Crippen LogP) is 2.90. The molecule has 1 heterocycles. The minimum absolute atomic E-state index is 0.0551. The number of benzene rings is 1. The van der Waals surface area contributed by atoms with Gasteiger partial charge in [0.2, 0.25) is 0 Å². The van der Waals surface area contributed by atoms with Crippen LogP contribution in [-0.4, -0.2) is 54.9 Å². The first-order valence-electron chi connectivity index (χ1n) is 7.92. The zero-order valence-electron chi connectivity index (χ0n) is 14.0. The van der Waals surface area contributed by atoms with Gasteiger partial charge in [0.1, 0.15) is 0 Å². The number of piperidine rings is 1. The standard InChI is InChI=1S/C18H28N2O/c1-13-6-7-16(12-14(13)2)18(21)15(3)20(5)17-8-10-19(4)11-9-17/h6-7,12,15,17H,8-11H2,1-5H3. The highest BCUT2D eigenvalue weighted by Gasteiger charge is 2.27. The molecule has 0 aliphatic carbocycles. The zero-order chi connectivity index (χ0) is 15.6. The first kappa shape index (κ1) is 16.2. The zero-order valence-corrected chi connectivity index (χ0v) is 14.0. The molecular formula is C18H28N2O. The first-order valence-corrected chi connectivity index (χ1v) is 7.92. The van der Waals surface area contributed by atoms with Gasteiger partial charge in [-0.1, -0.05) is 12.1 Å². The minimum atomic E-state index is -0.0551. The van der Waals surface area contributed by atoms with E-state index in [1.165, 1.54) is 11.1 Å². The van der Waals surface area contributed by atoms with Crippen molar-refractivity contribution >= 4 is 5.78 Å². The van der Waals surface area contributed by atoms with Crippen LogP contribution in [0.2, 0.25) is 0 Å². The monoisotopic (exact) mass is 288 g/mol. The third kappa shape index (κ3) is 3.72. The van der Waals surface area contributed by atoms with Crippen LogP contribution in [0.3, 0.4) is 0 Å². The van der Waals surface area contributed by atoms with Crippen LogP contribution in [0.4, 0.5) is 0 Å². The topological polar surface area (TPSA) is 23.6 Å². The lowest BCUT2D eigenvalue weighted by atomic mass is 9.97. The molecule has 3 nitrogen and oxygen atoms in total. The summed E-state index contributed by atoms with van der Waals surface area (Å²) in [6.07, 6.45) is 2.30. The Balaban J connectivity index is 2.05. The average molecular weight is 288 g/mol. The smallest absolute Gasteiger partial charge is 0.179 e. The highest BCUT2D eigenvalue weighted by atomic mass is 16.1. The number of ketones is 1. The van der Waals surface area contributed by atoms with E-state index in [4.69, 9.17) is 0 Å². The molecule has 0 aromatic heterocycles.